The number of hydrogen-bond donors (Lipinski definition) is 0. The Morgan fingerprint density at radius 3 is 2.32 bits per heavy atom. The molecule has 0 unspecified atom stereocenters. The molecule has 220 valence electrons. The van der Waals surface area contributed by atoms with Crippen molar-refractivity contribution in [2.75, 3.05) is 36.0 Å². The fourth-order valence-corrected chi connectivity index (χ4v) is 6.09. The number of thiophene rings is 1. The van der Waals surface area contributed by atoms with Crippen molar-refractivity contribution >= 4 is 34.5 Å². The van der Waals surface area contributed by atoms with Gasteiger partial charge in [0.05, 0.1) is 36.6 Å². The molecule has 1 saturated heterocycles. The van der Waals surface area contributed by atoms with Crippen LogP contribution in [0.2, 0.25) is 0 Å². The van der Waals surface area contributed by atoms with Gasteiger partial charge in [0.15, 0.2) is 0 Å². The normalized spacial score (nSPS) is 13.0. The first-order chi connectivity index (χ1) is 21.6. The molecule has 0 atom stereocenters. The fraction of sp³-hybridized carbons (Fsp3) is 0.200. The first kappa shape index (κ1) is 28.9. The van der Waals surface area contributed by atoms with Gasteiger partial charge in [0, 0.05) is 55.9 Å². The van der Waals surface area contributed by atoms with Crippen molar-refractivity contribution in [2.45, 2.75) is 19.5 Å². The molecule has 0 radical (unpaired) electrons. The van der Waals surface area contributed by atoms with Gasteiger partial charge in [-0.05, 0) is 76.5 Å². The van der Waals surface area contributed by atoms with E-state index < -0.39 is 0 Å². The zero-order chi connectivity index (χ0) is 30.3. The van der Waals surface area contributed by atoms with Gasteiger partial charge < -0.3 is 19.3 Å². The van der Waals surface area contributed by atoms with Crippen molar-refractivity contribution in [1.29, 1.82) is 5.26 Å². The van der Waals surface area contributed by atoms with E-state index >= 15 is 0 Å². The number of benzene rings is 3. The number of carbonyl (C=O) groups excluding carboxylic acids is 2. The molecule has 6 rings (SSSR count). The number of rotatable bonds is 9. The molecule has 0 N–H and O–H groups in total. The van der Waals surface area contributed by atoms with E-state index in [9.17, 15) is 9.59 Å². The van der Waals surface area contributed by atoms with Gasteiger partial charge in [0.2, 0.25) is 5.91 Å². The minimum absolute atomic E-state index is 0.0952. The molecule has 0 saturated carbocycles. The van der Waals surface area contributed by atoms with Gasteiger partial charge in [-0.3, -0.25) is 9.59 Å². The number of aromatic nitrogens is 2. The quantitative estimate of drug-likeness (QED) is 0.220. The van der Waals surface area contributed by atoms with E-state index in [2.05, 4.69) is 28.1 Å². The van der Waals surface area contributed by atoms with E-state index in [1.807, 2.05) is 93.0 Å². The molecule has 2 aromatic heterocycles. The summed E-state index contributed by atoms with van der Waals surface area (Å²) < 4.78 is 2.03. The van der Waals surface area contributed by atoms with E-state index in [1.165, 1.54) is 0 Å². The van der Waals surface area contributed by atoms with Gasteiger partial charge in [-0.1, -0.05) is 30.3 Å². The molecule has 5 aromatic rings. The maximum absolute atomic E-state index is 13.8. The molecule has 2 amide bonds. The largest absolute Gasteiger partial charge is 0.368 e. The molecule has 0 aliphatic carbocycles. The summed E-state index contributed by atoms with van der Waals surface area (Å²) in [5.41, 5.74) is 6.10. The number of nitriles is 1. The highest BCUT2D eigenvalue weighted by atomic mass is 32.1. The molecule has 1 fully saturated rings. The number of nitrogens with zero attached hydrogens (tertiary/aromatic N) is 6. The Morgan fingerprint density at radius 1 is 0.886 bits per heavy atom. The Labute approximate surface area is 261 Å². The second kappa shape index (κ2) is 13.4. The molecule has 1 aliphatic heterocycles. The zero-order valence-corrected chi connectivity index (χ0v) is 25.1. The van der Waals surface area contributed by atoms with E-state index in [0.717, 1.165) is 41.3 Å². The fourth-order valence-electron chi connectivity index (χ4n) is 5.42. The Balaban J connectivity index is 1.17. The number of amides is 2. The molecule has 8 nitrogen and oxygen atoms in total. The molecule has 0 bridgehead atoms. The van der Waals surface area contributed by atoms with Crippen LogP contribution >= 0.6 is 11.3 Å². The van der Waals surface area contributed by atoms with Crippen molar-refractivity contribution in [3.63, 3.8) is 0 Å². The molecule has 0 spiro atoms. The number of piperazine rings is 1. The third kappa shape index (κ3) is 6.72. The summed E-state index contributed by atoms with van der Waals surface area (Å²) in [5, 5.41) is 13.2. The minimum Gasteiger partial charge on any atom is -0.368 e. The van der Waals surface area contributed by atoms with Crippen LogP contribution in [0.25, 0.3) is 0 Å². The van der Waals surface area contributed by atoms with Crippen molar-refractivity contribution in [2.24, 2.45) is 0 Å². The lowest BCUT2D eigenvalue weighted by atomic mass is 10.1. The van der Waals surface area contributed by atoms with E-state index in [4.69, 9.17) is 5.26 Å². The first-order valence-corrected chi connectivity index (χ1v) is 15.5. The SMILES string of the molecule is N#Cc1ccc(Cn2cncc2CN(C(=O)c2ccccc2)c2ccc(N3CCN(C(=O)Cc4ccsc4)CC3)cc2)cc1. The maximum Gasteiger partial charge on any atom is 0.258 e. The Bertz CT molecular complexity index is 1730. The predicted octanol–water partition coefficient (Wildman–Crippen LogP) is 5.60. The third-order valence-corrected chi connectivity index (χ3v) is 8.65. The average molecular weight is 601 g/mol. The molecular formula is C35H32N6O2S. The Hall–Kier alpha value is -5.20. The average Bonchev–Trinajstić information content (AvgIpc) is 3.76. The molecule has 3 aromatic carbocycles. The van der Waals surface area contributed by atoms with E-state index in [0.29, 0.717) is 43.7 Å². The number of imidazole rings is 1. The maximum atomic E-state index is 13.8. The molecule has 1 aliphatic rings. The summed E-state index contributed by atoms with van der Waals surface area (Å²) >= 11 is 1.62. The van der Waals surface area contributed by atoms with E-state index in [1.54, 1.807) is 28.8 Å². The summed E-state index contributed by atoms with van der Waals surface area (Å²) in [6, 6.07) is 29.0. The van der Waals surface area contributed by atoms with Crippen LogP contribution in [0.3, 0.4) is 0 Å². The van der Waals surface area contributed by atoms with Gasteiger partial charge in [0.25, 0.3) is 5.91 Å². The van der Waals surface area contributed by atoms with Crippen LogP contribution < -0.4 is 9.80 Å². The monoisotopic (exact) mass is 600 g/mol. The third-order valence-electron chi connectivity index (χ3n) is 7.91. The van der Waals surface area contributed by atoms with Crippen LogP contribution in [0.4, 0.5) is 11.4 Å². The van der Waals surface area contributed by atoms with Gasteiger partial charge in [-0.2, -0.15) is 16.6 Å². The first-order valence-electron chi connectivity index (χ1n) is 14.6. The van der Waals surface area contributed by atoms with Gasteiger partial charge >= 0.3 is 0 Å². The van der Waals surface area contributed by atoms with Crippen LogP contribution in [0.15, 0.2) is 108 Å². The smallest absolute Gasteiger partial charge is 0.258 e. The number of hydrogen-bond acceptors (Lipinski definition) is 6. The predicted molar refractivity (Wildman–Crippen MR) is 173 cm³/mol. The van der Waals surface area contributed by atoms with Crippen molar-refractivity contribution < 1.29 is 9.59 Å². The van der Waals surface area contributed by atoms with Gasteiger partial charge in [-0.25, -0.2) is 4.98 Å². The highest BCUT2D eigenvalue weighted by Gasteiger charge is 2.23. The second-order valence-corrected chi connectivity index (χ2v) is 11.6. The van der Waals surface area contributed by atoms with Crippen LogP contribution in [0, 0.1) is 11.3 Å². The van der Waals surface area contributed by atoms with Crippen molar-refractivity contribution in [3.8, 4) is 6.07 Å². The van der Waals surface area contributed by atoms with Crippen LogP contribution in [0.1, 0.15) is 32.7 Å². The topological polar surface area (TPSA) is 85.5 Å². The summed E-state index contributed by atoms with van der Waals surface area (Å²) in [6.07, 6.45) is 4.02. The standard InChI is InChI=1S/C35H32N6O2S/c36-21-27-6-8-28(9-7-27)23-40-26-37-22-33(40)24-41(35(43)30-4-2-1-3-5-30)32-12-10-31(11-13-32)38-15-17-39(18-16-38)34(42)20-29-14-19-44-25-29/h1-14,19,22,25-26H,15-18,20,23-24H2. The highest BCUT2D eigenvalue weighted by Crippen LogP contribution is 2.26. The molecule has 9 heteroatoms. The minimum atomic E-state index is -0.0952. The Kier molecular flexibility index (Phi) is 8.80. The highest BCUT2D eigenvalue weighted by molar-refractivity contribution is 7.08. The van der Waals surface area contributed by atoms with Gasteiger partial charge in [-0.15, -0.1) is 0 Å². The number of carbonyl (C=O) groups is 2. The summed E-state index contributed by atoms with van der Waals surface area (Å²) in [7, 11) is 0. The Morgan fingerprint density at radius 2 is 1.64 bits per heavy atom. The van der Waals surface area contributed by atoms with Crippen LogP contribution in [-0.2, 0) is 24.3 Å². The molecule has 44 heavy (non-hydrogen) atoms. The lowest BCUT2D eigenvalue weighted by molar-refractivity contribution is -0.130. The summed E-state index contributed by atoms with van der Waals surface area (Å²) in [4.78, 5) is 37.0. The number of anilines is 2. The van der Waals surface area contributed by atoms with Crippen molar-refractivity contribution in [3.05, 3.63) is 136 Å². The summed E-state index contributed by atoms with van der Waals surface area (Å²) in [6.45, 7) is 3.81. The second-order valence-electron chi connectivity index (χ2n) is 10.8. The summed E-state index contributed by atoms with van der Waals surface area (Å²) in [5.74, 6) is 0.0779. The molecule has 3 heterocycles. The van der Waals surface area contributed by atoms with E-state index in [-0.39, 0.29) is 11.8 Å². The zero-order valence-electron chi connectivity index (χ0n) is 24.3. The van der Waals surface area contributed by atoms with Crippen molar-refractivity contribution in [1.82, 2.24) is 14.5 Å². The lowest BCUT2D eigenvalue weighted by Crippen LogP contribution is -2.49. The molecular weight excluding hydrogens is 568 g/mol. The van der Waals surface area contributed by atoms with Gasteiger partial charge in [0.1, 0.15) is 0 Å². The van der Waals surface area contributed by atoms with Crippen LogP contribution in [-0.4, -0.2) is 52.4 Å². The van der Waals surface area contributed by atoms with Crippen LogP contribution in [0.5, 0.6) is 0 Å². The lowest BCUT2D eigenvalue weighted by Gasteiger charge is -2.36.